The molecule has 1 aromatic carbocycles. The van der Waals surface area contributed by atoms with Crippen molar-refractivity contribution in [2.24, 2.45) is 0 Å². The van der Waals surface area contributed by atoms with Crippen LogP contribution in [-0.2, 0) is 0 Å². The van der Waals surface area contributed by atoms with E-state index in [0.717, 1.165) is 0 Å². The molecular weight excluding hydrogens is 164 g/mol. The van der Waals surface area contributed by atoms with E-state index in [9.17, 15) is 0 Å². The molecule has 0 saturated heterocycles. The van der Waals surface area contributed by atoms with Crippen molar-refractivity contribution in [2.75, 3.05) is 5.75 Å². The van der Waals surface area contributed by atoms with Gasteiger partial charge in [-0.2, -0.15) is 0 Å². The van der Waals surface area contributed by atoms with E-state index in [0.29, 0.717) is 0 Å². The Morgan fingerprint density at radius 2 is 2.08 bits per heavy atom. The summed E-state index contributed by atoms with van der Waals surface area (Å²) in [4.78, 5) is 1.40. The smallest absolute Gasteiger partial charge is 0.0107 e. The molecule has 0 N–H and O–H groups in total. The molecule has 1 radical (unpaired) electrons. The van der Waals surface area contributed by atoms with Crippen molar-refractivity contribution in [3.8, 4) is 0 Å². The minimum Gasteiger partial charge on any atom is -0.126 e. The number of thioether (sulfide) groups is 1. The fourth-order valence-electron chi connectivity index (χ4n) is 1.06. The zero-order chi connectivity index (χ0) is 8.81. The molecule has 0 aliphatic heterocycles. The topological polar surface area (TPSA) is 0 Å². The molecule has 0 aliphatic carbocycles. The maximum absolute atomic E-state index is 2.21. The van der Waals surface area contributed by atoms with Gasteiger partial charge in [0.05, 0.1) is 0 Å². The fourth-order valence-corrected chi connectivity index (χ4v) is 2.01. The molecular formula is C11H15S. The Morgan fingerprint density at radius 3 is 2.75 bits per heavy atom. The van der Waals surface area contributed by atoms with Crippen LogP contribution < -0.4 is 0 Å². The Labute approximate surface area is 79.4 Å². The van der Waals surface area contributed by atoms with Gasteiger partial charge in [-0.15, -0.1) is 11.8 Å². The standard InChI is InChI=1S/C11H15S/c1-3-9-12-11-8-6-5-7-10(11)4-2/h4-8H,3,9H2,1-2H3. The third-order valence-corrected chi connectivity index (χ3v) is 2.99. The van der Waals surface area contributed by atoms with Gasteiger partial charge in [0.1, 0.15) is 0 Å². The van der Waals surface area contributed by atoms with Crippen molar-refractivity contribution in [3.05, 3.63) is 36.2 Å². The summed E-state index contributed by atoms with van der Waals surface area (Å²) in [5.74, 6) is 1.21. The van der Waals surface area contributed by atoms with Gasteiger partial charge in [-0.1, -0.05) is 32.0 Å². The van der Waals surface area contributed by atoms with Gasteiger partial charge in [-0.3, -0.25) is 0 Å². The average Bonchev–Trinajstić information content (AvgIpc) is 2.15. The van der Waals surface area contributed by atoms with Gasteiger partial charge in [0.2, 0.25) is 0 Å². The first kappa shape index (κ1) is 9.66. The van der Waals surface area contributed by atoms with Gasteiger partial charge in [-0.05, 0) is 30.2 Å². The van der Waals surface area contributed by atoms with Crippen molar-refractivity contribution in [1.82, 2.24) is 0 Å². The Kier molecular flexibility index (Phi) is 4.23. The summed E-state index contributed by atoms with van der Waals surface area (Å²) in [6.07, 6.45) is 3.40. The third-order valence-electron chi connectivity index (χ3n) is 1.69. The van der Waals surface area contributed by atoms with E-state index in [1.807, 2.05) is 11.8 Å². The Hall–Kier alpha value is -0.430. The molecule has 0 amide bonds. The second kappa shape index (κ2) is 5.26. The number of hydrogen-bond donors (Lipinski definition) is 0. The number of rotatable bonds is 4. The van der Waals surface area contributed by atoms with Crippen LogP contribution in [0.25, 0.3) is 0 Å². The van der Waals surface area contributed by atoms with Crippen molar-refractivity contribution in [3.63, 3.8) is 0 Å². The van der Waals surface area contributed by atoms with Crippen LogP contribution in [0, 0.1) is 6.42 Å². The first-order valence-electron chi connectivity index (χ1n) is 4.39. The van der Waals surface area contributed by atoms with Crippen molar-refractivity contribution in [2.45, 2.75) is 25.2 Å². The summed E-state index contributed by atoms with van der Waals surface area (Å²) < 4.78 is 0. The van der Waals surface area contributed by atoms with E-state index in [2.05, 4.69) is 44.5 Å². The van der Waals surface area contributed by atoms with E-state index in [4.69, 9.17) is 0 Å². The minimum absolute atomic E-state index is 1.21. The molecule has 0 atom stereocenters. The van der Waals surface area contributed by atoms with Crippen LogP contribution in [0.1, 0.15) is 25.8 Å². The quantitative estimate of drug-likeness (QED) is 0.634. The highest BCUT2D eigenvalue weighted by Gasteiger charge is 1.98. The zero-order valence-electron chi connectivity index (χ0n) is 7.71. The first-order chi connectivity index (χ1) is 5.88. The van der Waals surface area contributed by atoms with Crippen LogP contribution in [0.5, 0.6) is 0 Å². The lowest BCUT2D eigenvalue weighted by Gasteiger charge is -2.04. The van der Waals surface area contributed by atoms with E-state index < -0.39 is 0 Å². The summed E-state index contributed by atoms with van der Waals surface area (Å²) in [7, 11) is 0. The molecule has 0 aromatic heterocycles. The molecule has 1 aromatic rings. The molecule has 0 unspecified atom stereocenters. The summed E-state index contributed by atoms with van der Waals surface area (Å²) >= 11 is 1.94. The van der Waals surface area contributed by atoms with Crippen LogP contribution in [-0.4, -0.2) is 5.75 Å². The number of benzene rings is 1. The van der Waals surface area contributed by atoms with E-state index in [1.165, 1.54) is 22.6 Å². The molecule has 0 nitrogen and oxygen atoms in total. The lowest BCUT2D eigenvalue weighted by Crippen LogP contribution is -1.83. The maximum Gasteiger partial charge on any atom is 0.0107 e. The molecule has 1 rings (SSSR count). The van der Waals surface area contributed by atoms with E-state index in [-0.39, 0.29) is 0 Å². The van der Waals surface area contributed by atoms with Crippen molar-refractivity contribution in [1.29, 1.82) is 0 Å². The first-order valence-corrected chi connectivity index (χ1v) is 5.38. The molecule has 65 valence electrons. The highest BCUT2D eigenvalue weighted by Crippen LogP contribution is 2.23. The summed E-state index contributed by atoms with van der Waals surface area (Å²) in [5.41, 5.74) is 1.36. The minimum atomic E-state index is 1.21. The monoisotopic (exact) mass is 179 g/mol. The molecule has 0 heterocycles. The predicted molar refractivity (Wildman–Crippen MR) is 56.5 cm³/mol. The normalized spacial score (nSPS) is 10.2. The lowest BCUT2D eigenvalue weighted by molar-refractivity contribution is 1.10. The fraction of sp³-hybridized carbons (Fsp3) is 0.364. The van der Waals surface area contributed by atoms with Gasteiger partial charge in [0.25, 0.3) is 0 Å². The molecule has 0 spiro atoms. The maximum atomic E-state index is 2.21. The second-order valence-corrected chi connectivity index (χ2v) is 3.81. The third kappa shape index (κ3) is 2.56. The van der Waals surface area contributed by atoms with Crippen molar-refractivity contribution >= 4 is 11.8 Å². The Bertz CT molecular complexity index is 230. The average molecular weight is 179 g/mol. The number of hydrogen-bond acceptors (Lipinski definition) is 1. The molecule has 0 fully saturated rings. The predicted octanol–water partition coefficient (Wildman–Crippen LogP) is 3.76. The molecule has 0 aliphatic rings. The van der Waals surface area contributed by atoms with Gasteiger partial charge in [-0.25, -0.2) is 0 Å². The van der Waals surface area contributed by atoms with E-state index >= 15 is 0 Å². The van der Waals surface area contributed by atoms with Gasteiger partial charge in [0.15, 0.2) is 0 Å². The summed E-state index contributed by atoms with van der Waals surface area (Å²) in [5, 5.41) is 0. The Morgan fingerprint density at radius 1 is 1.33 bits per heavy atom. The van der Waals surface area contributed by atoms with Crippen LogP contribution >= 0.6 is 11.8 Å². The molecule has 12 heavy (non-hydrogen) atoms. The van der Waals surface area contributed by atoms with Crippen LogP contribution in [0.15, 0.2) is 29.2 Å². The van der Waals surface area contributed by atoms with Crippen LogP contribution in [0.3, 0.4) is 0 Å². The van der Waals surface area contributed by atoms with Gasteiger partial charge >= 0.3 is 0 Å². The largest absolute Gasteiger partial charge is 0.126 e. The molecule has 1 heteroatoms. The lowest BCUT2D eigenvalue weighted by atomic mass is 10.2. The van der Waals surface area contributed by atoms with Crippen LogP contribution in [0.4, 0.5) is 0 Å². The highest BCUT2D eigenvalue weighted by molar-refractivity contribution is 7.99. The van der Waals surface area contributed by atoms with Crippen LogP contribution in [0.2, 0.25) is 0 Å². The Balaban J connectivity index is 2.68. The van der Waals surface area contributed by atoms with Gasteiger partial charge < -0.3 is 0 Å². The van der Waals surface area contributed by atoms with Crippen molar-refractivity contribution < 1.29 is 0 Å². The van der Waals surface area contributed by atoms with Gasteiger partial charge in [0, 0.05) is 4.90 Å². The van der Waals surface area contributed by atoms with E-state index in [1.54, 1.807) is 0 Å². The SMILES string of the molecule is C[CH]c1ccccc1SCCC. The molecule has 0 bridgehead atoms. The highest BCUT2D eigenvalue weighted by atomic mass is 32.2. The summed E-state index contributed by atoms with van der Waals surface area (Å²) in [6.45, 7) is 4.30. The molecule has 0 saturated carbocycles. The second-order valence-electron chi connectivity index (χ2n) is 2.67. The summed E-state index contributed by atoms with van der Waals surface area (Å²) in [6, 6.07) is 8.55. The zero-order valence-corrected chi connectivity index (χ0v) is 8.53.